The Kier molecular flexibility index (Phi) is 12.6. The van der Waals surface area contributed by atoms with Crippen molar-refractivity contribution in [2.75, 3.05) is 13.1 Å². The number of carbonyl (C=O) groups excluding carboxylic acids is 4. The van der Waals surface area contributed by atoms with E-state index in [1.807, 2.05) is 0 Å². The van der Waals surface area contributed by atoms with E-state index < -0.39 is 42.2 Å². The van der Waals surface area contributed by atoms with Gasteiger partial charge in [0.2, 0.25) is 18.1 Å². The van der Waals surface area contributed by atoms with E-state index in [-0.39, 0.29) is 44.7 Å². The lowest BCUT2D eigenvalue weighted by Gasteiger charge is -2.30. The molecule has 3 amide bonds. The van der Waals surface area contributed by atoms with E-state index in [2.05, 4.69) is 10.6 Å². The molecule has 0 saturated heterocycles. The molecule has 8 N–H and O–H groups in total. The molecule has 0 saturated carbocycles. The number of nitrogens with zero attached hydrogens (tertiary/aromatic N) is 1. The first-order valence-electron chi connectivity index (χ1n) is 9.14. The molecule has 0 heterocycles. The van der Waals surface area contributed by atoms with Gasteiger partial charge in [0, 0.05) is 26.3 Å². The lowest BCUT2D eigenvalue weighted by molar-refractivity contribution is -0.149. The minimum absolute atomic E-state index is 0.0512. The number of aliphatic carboxylic acids is 1. The Morgan fingerprint density at radius 1 is 1.17 bits per heavy atom. The standard InChI is InChI=1S/C17H29N6O6/c1-11(25)22-13(6-7-15(27)28)16(29)23(14(26)5-2-8-18)12(10-24)4-3-9-21-17(19)20/h12-13H,2-9,18H2,1H3,(H,22,25)(H,27,28)(H4,19,20,21)/t12-,13-/m0/s1. The van der Waals surface area contributed by atoms with Crippen molar-refractivity contribution in [2.45, 2.75) is 57.5 Å². The maximum Gasteiger partial charge on any atom is 0.303 e. The Balaban J connectivity index is 5.53. The minimum Gasteiger partial charge on any atom is -0.481 e. The van der Waals surface area contributed by atoms with E-state index in [1.54, 1.807) is 6.29 Å². The molecular weight excluding hydrogens is 384 g/mol. The highest BCUT2D eigenvalue weighted by atomic mass is 16.4. The average molecular weight is 413 g/mol. The van der Waals surface area contributed by atoms with Gasteiger partial charge in [-0.05, 0) is 32.2 Å². The van der Waals surface area contributed by atoms with Crippen molar-refractivity contribution >= 4 is 35.9 Å². The first kappa shape index (κ1) is 26.0. The zero-order chi connectivity index (χ0) is 22.4. The Morgan fingerprint density at radius 3 is 2.31 bits per heavy atom. The van der Waals surface area contributed by atoms with Crippen LogP contribution in [0.15, 0.2) is 0 Å². The molecule has 0 aliphatic rings. The van der Waals surface area contributed by atoms with Crippen LogP contribution in [0.2, 0.25) is 0 Å². The second-order valence-electron chi connectivity index (χ2n) is 6.30. The molecule has 163 valence electrons. The van der Waals surface area contributed by atoms with Crippen LogP contribution in [0.5, 0.6) is 0 Å². The molecule has 0 aromatic rings. The van der Waals surface area contributed by atoms with E-state index in [0.29, 0.717) is 6.42 Å². The number of imide groups is 1. The third-order valence-corrected chi connectivity index (χ3v) is 3.84. The van der Waals surface area contributed by atoms with Gasteiger partial charge < -0.3 is 27.2 Å². The van der Waals surface area contributed by atoms with E-state index in [0.717, 1.165) is 11.8 Å². The molecular formula is C17H29N6O6. The summed E-state index contributed by atoms with van der Waals surface area (Å²) in [4.78, 5) is 60.1. The summed E-state index contributed by atoms with van der Waals surface area (Å²) in [6.07, 6.45) is 1.53. The molecule has 29 heavy (non-hydrogen) atoms. The van der Waals surface area contributed by atoms with Crippen molar-refractivity contribution in [1.29, 1.82) is 5.41 Å². The highest BCUT2D eigenvalue weighted by molar-refractivity contribution is 6.01. The van der Waals surface area contributed by atoms with Gasteiger partial charge in [0.05, 0.1) is 0 Å². The lowest BCUT2D eigenvalue weighted by Crippen LogP contribution is -2.54. The molecule has 0 spiro atoms. The fourth-order valence-electron chi connectivity index (χ4n) is 2.52. The van der Waals surface area contributed by atoms with Gasteiger partial charge in [-0.3, -0.25) is 34.3 Å². The molecule has 0 unspecified atom stereocenters. The quantitative estimate of drug-likeness (QED) is 0.107. The van der Waals surface area contributed by atoms with E-state index in [4.69, 9.17) is 22.0 Å². The SMILES string of the molecule is CC(=O)N[C@@H](CCC(=O)O)C(=O)N(C(=O)CCCN)[C@H]([C]=O)CCCNC(=N)N. The minimum atomic E-state index is -1.28. The zero-order valence-corrected chi connectivity index (χ0v) is 16.4. The summed E-state index contributed by atoms with van der Waals surface area (Å²) in [6, 6.07) is -2.51. The van der Waals surface area contributed by atoms with Crippen LogP contribution in [0, 0.1) is 5.41 Å². The second kappa shape index (κ2) is 14.0. The van der Waals surface area contributed by atoms with Crippen molar-refractivity contribution < 1.29 is 29.1 Å². The Labute approximate surface area is 168 Å². The third-order valence-electron chi connectivity index (χ3n) is 3.84. The second-order valence-corrected chi connectivity index (χ2v) is 6.30. The number of rotatable bonds is 14. The number of nitrogens with two attached hydrogens (primary N) is 2. The van der Waals surface area contributed by atoms with Crippen molar-refractivity contribution in [1.82, 2.24) is 15.5 Å². The molecule has 0 aliphatic carbocycles. The van der Waals surface area contributed by atoms with Gasteiger partial charge in [-0.1, -0.05) is 0 Å². The molecule has 0 aromatic heterocycles. The van der Waals surface area contributed by atoms with Crippen molar-refractivity contribution in [3.63, 3.8) is 0 Å². The largest absolute Gasteiger partial charge is 0.481 e. The van der Waals surface area contributed by atoms with Crippen LogP contribution in [0.1, 0.15) is 45.4 Å². The first-order valence-corrected chi connectivity index (χ1v) is 9.14. The summed E-state index contributed by atoms with van der Waals surface area (Å²) in [5, 5.41) is 20.8. The summed E-state index contributed by atoms with van der Waals surface area (Å²) < 4.78 is 0. The first-order chi connectivity index (χ1) is 13.6. The summed E-state index contributed by atoms with van der Waals surface area (Å²) in [7, 11) is 0. The number of hydrogen-bond donors (Lipinski definition) is 6. The van der Waals surface area contributed by atoms with Crippen LogP contribution in [-0.2, 0) is 24.0 Å². The molecule has 0 rings (SSSR count). The average Bonchev–Trinajstić information content (AvgIpc) is 2.64. The Bertz CT molecular complexity index is 611. The highest BCUT2D eigenvalue weighted by Crippen LogP contribution is 2.13. The fourth-order valence-corrected chi connectivity index (χ4v) is 2.52. The number of nitrogens with one attached hydrogen (secondary N) is 3. The Morgan fingerprint density at radius 2 is 1.83 bits per heavy atom. The van der Waals surface area contributed by atoms with Crippen LogP contribution in [0.25, 0.3) is 0 Å². The van der Waals surface area contributed by atoms with Gasteiger partial charge in [0.15, 0.2) is 5.96 Å². The number of hydrogen-bond acceptors (Lipinski definition) is 7. The van der Waals surface area contributed by atoms with Gasteiger partial charge in [-0.25, -0.2) is 0 Å². The lowest BCUT2D eigenvalue weighted by atomic mass is 10.0. The molecule has 0 fully saturated rings. The maximum absolute atomic E-state index is 13.0. The zero-order valence-electron chi connectivity index (χ0n) is 16.4. The maximum atomic E-state index is 13.0. The van der Waals surface area contributed by atoms with Crippen molar-refractivity contribution in [3.8, 4) is 0 Å². The van der Waals surface area contributed by atoms with Crippen LogP contribution in [0.4, 0.5) is 0 Å². The summed E-state index contributed by atoms with van der Waals surface area (Å²) >= 11 is 0. The van der Waals surface area contributed by atoms with Crippen molar-refractivity contribution in [2.24, 2.45) is 11.5 Å². The van der Waals surface area contributed by atoms with Gasteiger partial charge in [-0.2, -0.15) is 0 Å². The molecule has 0 aliphatic heterocycles. The monoisotopic (exact) mass is 413 g/mol. The van der Waals surface area contributed by atoms with E-state index in [9.17, 15) is 24.0 Å². The summed E-state index contributed by atoms with van der Waals surface area (Å²) in [6.45, 7) is 1.58. The molecule has 12 nitrogen and oxygen atoms in total. The fraction of sp³-hybridized carbons (Fsp3) is 0.647. The van der Waals surface area contributed by atoms with E-state index >= 15 is 0 Å². The van der Waals surface area contributed by atoms with Crippen LogP contribution in [-0.4, -0.2) is 71.1 Å². The van der Waals surface area contributed by atoms with Gasteiger partial charge in [-0.15, -0.1) is 0 Å². The predicted octanol–water partition coefficient (Wildman–Crippen LogP) is -1.81. The summed E-state index contributed by atoms with van der Waals surface area (Å²) in [5.74, 6) is -3.57. The van der Waals surface area contributed by atoms with Gasteiger partial charge in [0.1, 0.15) is 12.1 Å². The smallest absolute Gasteiger partial charge is 0.303 e. The van der Waals surface area contributed by atoms with Crippen LogP contribution < -0.4 is 22.1 Å². The van der Waals surface area contributed by atoms with Crippen LogP contribution in [0.3, 0.4) is 0 Å². The number of amides is 3. The van der Waals surface area contributed by atoms with Crippen LogP contribution >= 0.6 is 0 Å². The molecule has 0 aromatic carbocycles. The molecule has 0 bridgehead atoms. The summed E-state index contributed by atoms with van der Waals surface area (Å²) in [5.41, 5.74) is 10.6. The molecule has 12 heteroatoms. The Hall–Kier alpha value is -3.02. The molecule has 1 radical (unpaired) electrons. The predicted molar refractivity (Wildman–Crippen MR) is 103 cm³/mol. The normalized spacial score (nSPS) is 12.3. The number of carboxylic acid groups (broad SMARTS) is 1. The molecule has 2 atom stereocenters. The van der Waals surface area contributed by atoms with Crippen molar-refractivity contribution in [3.05, 3.63) is 0 Å². The van der Waals surface area contributed by atoms with Gasteiger partial charge in [0.25, 0.3) is 5.91 Å². The number of carboxylic acids is 1. The van der Waals surface area contributed by atoms with E-state index in [1.165, 1.54) is 0 Å². The van der Waals surface area contributed by atoms with Gasteiger partial charge >= 0.3 is 5.97 Å². The third kappa shape index (κ3) is 10.8. The number of guanidine groups is 1. The topological polar surface area (TPSA) is 209 Å². The number of carbonyl (C=O) groups is 4. The highest BCUT2D eigenvalue weighted by Gasteiger charge is 2.34.